The molecule has 3 amide bonds. The second-order valence-corrected chi connectivity index (χ2v) is 3.63. The molecule has 0 aromatic heterocycles. The van der Waals surface area contributed by atoms with Crippen molar-refractivity contribution in [2.24, 2.45) is 0 Å². The Morgan fingerprint density at radius 2 is 1.76 bits per heavy atom. The molecule has 0 aliphatic heterocycles. The van der Waals surface area contributed by atoms with Gasteiger partial charge in [0, 0.05) is 27.2 Å². The Kier molecular flexibility index (Phi) is 6.69. The summed E-state index contributed by atoms with van der Waals surface area (Å²) in [6.07, 6.45) is -0.118. The highest BCUT2D eigenvalue weighted by molar-refractivity contribution is 5.83. The normalized spacial score (nSPS) is 9.59. The SMILES string of the molecule is CCN(C)C(=O)CNC(=O)N(C)CCC(=O)O. The molecule has 17 heavy (non-hydrogen) atoms. The molecule has 0 aliphatic carbocycles. The number of nitrogens with one attached hydrogen (secondary N) is 1. The van der Waals surface area contributed by atoms with Crippen LogP contribution in [0, 0.1) is 0 Å². The van der Waals surface area contributed by atoms with Gasteiger partial charge in [0.15, 0.2) is 0 Å². The molecule has 0 aromatic carbocycles. The number of hydrogen-bond acceptors (Lipinski definition) is 3. The van der Waals surface area contributed by atoms with Crippen LogP contribution in [0.5, 0.6) is 0 Å². The van der Waals surface area contributed by atoms with E-state index in [1.165, 1.54) is 16.8 Å². The monoisotopic (exact) mass is 245 g/mol. The van der Waals surface area contributed by atoms with Crippen molar-refractivity contribution in [3.8, 4) is 0 Å². The summed E-state index contributed by atoms with van der Waals surface area (Å²) in [4.78, 5) is 35.8. The molecule has 0 atom stereocenters. The van der Waals surface area contributed by atoms with Gasteiger partial charge in [0.1, 0.15) is 0 Å². The Balaban J connectivity index is 3.93. The lowest BCUT2D eigenvalue weighted by atomic mass is 10.4. The van der Waals surface area contributed by atoms with Crippen molar-refractivity contribution in [2.45, 2.75) is 13.3 Å². The molecule has 2 N–H and O–H groups in total. The minimum atomic E-state index is -0.966. The van der Waals surface area contributed by atoms with E-state index in [-0.39, 0.29) is 25.4 Å². The second kappa shape index (κ2) is 7.48. The molecule has 0 heterocycles. The van der Waals surface area contributed by atoms with Gasteiger partial charge in [-0.2, -0.15) is 0 Å². The molecule has 7 nitrogen and oxygen atoms in total. The Morgan fingerprint density at radius 1 is 1.18 bits per heavy atom. The fourth-order valence-corrected chi connectivity index (χ4v) is 0.962. The summed E-state index contributed by atoms with van der Waals surface area (Å²) in [5.74, 6) is -1.15. The summed E-state index contributed by atoms with van der Waals surface area (Å²) in [6, 6.07) is -0.455. The van der Waals surface area contributed by atoms with Gasteiger partial charge in [-0.3, -0.25) is 9.59 Å². The van der Waals surface area contributed by atoms with Crippen molar-refractivity contribution in [1.82, 2.24) is 15.1 Å². The Hall–Kier alpha value is -1.79. The highest BCUT2D eigenvalue weighted by atomic mass is 16.4. The quantitative estimate of drug-likeness (QED) is 0.665. The zero-order valence-electron chi connectivity index (χ0n) is 10.4. The first-order valence-electron chi connectivity index (χ1n) is 5.33. The van der Waals surface area contributed by atoms with Crippen LogP contribution in [0.3, 0.4) is 0 Å². The number of amides is 3. The number of hydrogen-bond donors (Lipinski definition) is 2. The van der Waals surface area contributed by atoms with E-state index in [1.807, 2.05) is 6.92 Å². The summed E-state index contributed by atoms with van der Waals surface area (Å²) in [7, 11) is 3.12. The number of carbonyl (C=O) groups excluding carboxylic acids is 2. The van der Waals surface area contributed by atoms with Gasteiger partial charge in [-0.05, 0) is 6.92 Å². The fourth-order valence-electron chi connectivity index (χ4n) is 0.962. The third-order valence-electron chi connectivity index (χ3n) is 2.30. The van der Waals surface area contributed by atoms with Gasteiger partial charge in [0.2, 0.25) is 5.91 Å². The summed E-state index contributed by atoms with van der Waals surface area (Å²) >= 11 is 0. The second-order valence-electron chi connectivity index (χ2n) is 3.63. The Bertz CT molecular complexity index is 293. The van der Waals surface area contributed by atoms with Crippen molar-refractivity contribution >= 4 is 17.9 Å². The van der Waals surface area contributed by atoms with Crippen LogP contribution in [0.25, 0.3) is 0 Å². The average molecular weight is 245 g/mol. The van der Waals surface area contributed by atoms with Crippen LogP contribution in [0.15, 0.2) is 0 Å². The number of urea groups is 1. The largest absolute Gasteiger partial charge is 0.481 e. The lowest BCUT2D eigenvalue weighted by Gasteiger charge is -2.19. The molecule has 0 rings (SSSR count). The third kappa shape index (κ3) is 6.39. The number of carboxylic acid groups (broad SMARTS) is 1. The molecule has 0 aliphatic rings. The van der Waals surface area contributed by atoms with Gasteiger partial charge in [-0.15, -0.1) is 0 Å². The number of rotatable bonds is 6. The van der Waals surface area contributed by atoms with Crippen LogP contribution >= 0.6 is 0 Å². The van der Waals surface area contributed by atoms with Crippen LogP contribution in [0.4, 0.5) is 4.79 Å². The minimum Gasteiger partial charge on any atom is -0.481 e. The molecule has 0 unspecified atom stereocenters. The smallest absolute Gasteiger partial charge is 0.317 e. The maximum absolute atomic E-state index is 11.4. The average Bonchev–Trinajstić information content (AvgIpc) is 2.31. The van der Waals surface area contributed by atoms with E-state index in [2.05, 4.69) is 5.32 Å². The van der Waals surface area contributed by atoms with Gasteiger partial charge >= 0.3 is 12.0 Å². The summed E-state index contributed by atoms with van der Waals surface area (Å²) in [5, 5.41) is 10.9. The van der Waals surface area contributed by atoms with Gasteiger partial charge in [0.25, 0.3) is 0 Å². The Labute approximate surface area is 100 Å². The van der Waals surface area contributed by atoms with Gasteiger partial charge in [0.05, 0.1) is 13.0 Å². The lowest BCUT2D eigenvalue weighted by molar-refractivity contribution is -0.137. The number of carbonyl (C=O) groups is 3. The zero-order valence-corrected chi connectivity index (χ0v) is 10.4. The first-order chi connectivity index (χ1) is 7.88. The van der Waals surface area contributed by atoms with Crippen molar-refractivity contribution in [2.75, 3.05) is 33.7 Å². The minimum absolute atomic E-state index is 0.0828. The fraction of sp³-hybridized carbons (Fsp3) is 0.700. The number of likely N-dealkylation sites (N-methyl/N-ethyl adjacent to an activating group) is 1. The van der Waals surface area contributed by atoms with Crippen molar-refractivity contribution in [3.05, 3.63) is 0 Å². The van der Waals surface area contributed by atoms with E-state index < -0.39 is 12.0 Å². The van der Waals surface area contributed by atoms with Gasteiger partial charge in [-0.1, -0.05) is 0 Å². The standard InChI is InChI=1S/C10H19N3O4/c1-4-12(2)8(14)7-11-10(17)13(3)6-5-9(15)16/h4-7H2,1-3H3,(H,11,17)(H,15,16). The molecule has 0 radical (unpaired) electrons. The van der Waals surface area contributed by atoms with E-state index in [4.69, 9.17) is 5.11 Å². The van der Waals surface area contributed by atoms with Gasteiger partial charge < -0.3 is 20.2 Å². The number of aliphatic carboxylic acids is 1. The molecule has 98 valence electrons. The molecular weight excluding hydrogens is 226 g/mol. The third-order valence-corrected chi connectivity index (χ3v) is 2.30. The maximum Gasteiger partial charge on any atom is 0.317 e. The number of carboxylic acids is 1. The molecule has 0 fully saturated rings. The maximum atomic E-state index is 11.4. The van der Waals surface area contributed by atoms with E-state index in [0.29, 0.717) is 6.54 Å². The highest BCUT2D eigenvalue weighted by Gasteiger charge is 2.12. The molecule has 0 aromatic rings. The summed E-state index contributed by atoms with van der Waals surface area (Å²) < 4.78 is 0. The van der Waals surface area contributed by atoms with Crippen LogP contribution in [-0.4, -0.2) is 66.5 Å². The predicted molar refractivity (Wildman–Crippen MR) is 61.6 cm³/mol. The molecule has 0 saturated carbocycles. The van der Waals surface area contributed by atoms with Gasteiger partial charge in [-0.25, -0.2) is 4.79 Å². The molecule has 0 bridgehead atoms. The number of nitrogens with zero attached hydrogens (tertiary/aromatic N) is 2. The zero-order chi connectivity index (χ0) is 13.4. The van der Waals surface area contributed by atoms with Crippen molar-refractivity contribution in [1.29, 1.82) is 0 Å². The van der Waals surface area contributed by atoms with E-state index >= 15 is 0 Å². The first-order valence-corrected chi connectivity index (χ1v) is 5.33. The van der Waals surface area contributed by atoms with E-state index in [9.17, 15) is 14.4 Å². The predicted octanol–water partition coefficient (Wildman–Crippen LogP) is -0.419. The van der Waals surface area contributed by atoms with Crippen LogP contribution in [-0.2, 0) is 9.59 Å². The van der Waals surface area contributed by atoms with Crippen molar-refractivity contribution in [3.63, 3.8) is 0 Å². The summed E-state index contributed by atoms with van der Waals surface area (Å²) in [5.41, 5.74) is 0. The molecular formula is C10H19N3O4. The summed E-state index contributed by atoms with van der Waals surface area (Å²) in [6.45, 7) is 2.43. The van der Waals surface area contributed by atoms with E-state index in [1.54, 1.807) is 7.05 Å². The van der Waals surface area contributed by atoms with E-state index in [0.717, 1.165) is 0 Å². The molecule has 0 saturated heterocycles. The van der Waals surface area contributed by atoms with Crippen LogP contribution in [0.1, 0.15) is 13.3 Å². The topological polar surface area (TPSA) is 90.0 Å². The first kappa shape index (κ1) is 15.2. The highest BCUT2D eigenvalue weighted by Crippen LogP contribution is 1.89. The molecule has 7 heteroatoms. The molecule has 0 spiro atoms. The van der Waals surface area contributed by atoms with Crippen molar-refractivity contribution < 1.29 is 19.5 Å². The lowest BCUT2D eigenvalue weighted by Crippen LogP contribution is -2.43. The van der Waals surface area contributed by atoms with Crippen LogP contribution < -0.4 is 5.32 Å². The van der Waals surface area contributed by atoms with Crippen LogP contribution in [0.2, 0.25) is 0 Å². The Morgan fingerprint density at radius 3 is 2.24 bits per heavy atom.